The van der Waals surface area contributed by atoms with Crippen molar-refractivity contribution in [2.45, 2.75) is 6.61 Å². The van der Waals surface area contributed by atoms with E-state index in [4.69, 9.17) is 21.4 Å². The summed E-state index contributed by atoms with van der Waals surface area (Å²) >= 11 is 9.11. The number of hydrogen-bond donors (Lipinski definition) is 1. The molecule has 0 saturated carbocycles. The normalized spacial score (nSPS) is 10.3. The quantitative estimate of drug-likeness (QED) is 0.873. The maximum absolute atomic E-state index is 13.6. The number of ether oxygens (including phenoxy) is 1. The van der Waals surface area contributed by atoms with Crippen LogP contribution in [0.4, 0.5) is 4.39 Å². The highest BCUT2D eigenvalue weighted by atomic mass is 79.9. The maximum atomic E-state index is 13.6. The fraction of sp³-hybridized carbons (Fsp3) is 0.0714. The van der Waals surface area contributed by atoms with E-state index in [1.165, 1.54) is 24.3 Å². The lowest BCUT2D eigenvalue weighted by Gasteiger charge is -2.11. The van der Waals surface area contributed by atoms with E-state index in [0.29, 0.717) is 4.47 Å². The summed E-state index contributed by atoms with van der Waals surface area (Å²) in [6.45, 7) is -0.151. The number of carboxylic acid groups (broad SMARTS) is 1. The van der Waals surface area contributed by atoms with Gasteiger partial charge < -0.3 is 9.84 Å². The van der Waals surface area contributed by atoms with Crippen molar-refractivity contribution in [2.24, 2.45) is 0 Å². The van der Waals surface area contributed by atoms with Crippen molar-refractivity contribution in [3.8, 4) is 5.75 Å². The summed E-state index contributed by atoms with van der Waals surface area (Å²) in [4.78, 5) is 11.1. The van der Waals surface area contributed by atoms with Crippen LogP contribution in [0.15, 0.2) is 40.9 Å². The number of halogens is 3. The maximum Gasteiger partial charge on any atom is 0.339 e. The lowest BCUT2D eigenvalue weighted by Crippen LogP contribution is -2.05. The van der Waals surface area contributed by atoms with E-state index in [1.807, 2.05) is 0 Å². The zero-order valence-corrected chi connectivity index (χ0v) is 12.4. The number of rotatable bonds is 4. The van der Waals surface area contributed by atoms with E-state index in [0.717, 1.165) is 0 Å². The molecular formula is C14H9BrClFO3. The van der Waals surface area contributed by atoms with Crippen LogP contribution in [0.25, 0.3) is 0 Å². The molecule has 0 aliphatic heterocycles. The molecular weight excluding hydrogens is 351 g/mol. The van der Waals surface area contributed by atoms with Gasteiger partial charge in [0.2, 0.25) is 0 Å². The molecule has 20 heavy (non-hydrogen) atoms. The molecule has 0 aliphatic rings. The second kappa shape index (κ2) is 6.24. The van der Waals surface area contributed by atoms with Crippen LogP contribution >= 0.6 is 27.5 Å². The largest absolute Gasteiger partial charge is 0.488 e. The first-order chi connectivity index (χ1) is 9.49. The third-order valence-electron chi connectivity index (χ3n) is 2.61. The molecule has 6 heteroatoms. The van der Waals surface area contributed by atoms with Gasteiger partial charge in [-0.3, -0.25) is 0 Å². The topological polar surface area (TPSA) is 46.5 Å². The Balaban J connectivity index is 2.27. The van der Waals surface area contributed by atoms with E-state index in [9.17, 15) is 9.18 Å². The molecule has 0 aliphatic carbocycles. The standard InChI is InChI=1S/C14H9BrClFO3/c15-8-4-5-9(14(18)19)13(6-8)20-7-10-11(16)2-1-3-12(10)17/h1-6H,7H2,(H,18,19). The summed E-state index contributed by atoms with van der Waals surface area (Å²) in [5, 5.41) is 9.30. The van der Waals surface area contributed by atoms with Crippen LogP contribution in [0.2, 0.25) is 5.02 Å². The van der Waals surface area contributed by atoms with E-state index in [-0.39, 0.29) is 28.5 Å². The molecule has 0 atom stereocenters. The number of aromatic carboxylic acids is 1. The molecule has 2 aromatic rings. The first kappa shape index (κ1) is 14.8. The van der Waals surface area contributed by atoms with Crippen molar-refractivity contribution >= 4 is 33.5 Å². The molecule has 0 aromatic heterocycles. The van der Waals surface area contributed by atoms with Gasteiger partial charge in [-0.05, 0) is 30.3 Å². The van der Waals surface area contributed by atoms with Gasteiger partial charge >= 0.3 is 5.97 Å². The summed E-state index contributed by atoms with van der Waals surface area (Å²) in [6.07, 6.45) is 0. The molecule has 104 valence electrons. The number of hydrogen-bond acceptors (Lipinski definition) is 2. The van der Waals surface area contributed by atoms with Gasteiger partial charge in [0.1, 0.15) is 23.7 Å². The van der Waals surface area contributed by atoms with Crippen molar-refractivity contribution in [1.29, 1.82) is 0 Å². The second-order valence-corrected chi connectivity index (χ2v) is 5.26. The predicted octanol–water partition coefficient (Wildman–Crippen LogP) is 4.52. The van der Waals surface area contributed by atoms with Crippen molar-refractivity contribution < 1.29 is 19.0 Å². The Labute approximate surface area is 128 Å². The Morgan fingerprint density at radius 3 is 2.75 bits per heavy atom. The third-order valence-corrected chi connectivity index (χ3v) is 3.46. The fourth-order valence-electron chi connectivity index (χ4n) is 1.61. The third kappa shape index (κ3) is 3.29. The van der Waals surface area contributed by atoms with Crippen LogP contribution in [0, 0.1) is 5.82 Å². The molecule has 0 spiro atoms. The first-order valence-electron chi connectivity index (χ1n) is 5.57. The number of carbonyl (C=O) groups is 1. The SMILES string of the molecule is O=C(O)c1ccc(Br)cc1OCc1c(F)cccc1Cl. The molecule has 0 heterocycles. The van der Waals surface area contributed by atoms with Crippen molar-refractivity contribution in [3.63, 3.8) is 0 Å². The zero-order chi connectivity index (χ0) is 14.7. The van der Waals surface area contributed by atoms with Crippen molar-refractivity contribution in [3.05, 3.63) is 62.8 Å². The molecule has 2 rings (SSSR count). The van der Waals surface area contributed by atoms with Crippen LogP contribution in [0.3, 0.4) is 0 Å². The molecule has 0 bridgehead atoms. The van der Waals surface area contributed by atoms with Crippen molar-refractivity contribution in [1.82, 2.24) is 0 Å². The van der Waals surface area contributed by atoms with Crippen molar-refractivity contribution in [2.75, 3.05) is 0 Å². The Bertz CT molecular complexity index is 641. The van der Waals surface area contributed by atoms with Gasteiger partial charge in [0.05, 0.1) is 5.02 Å². The van der Waals surface area contributed by atoms with Gasteiger partial charge in [0, 0.05) is 10.0 Å². The Morgan fingerprint density at radius 2 is 2.10 bits per heavy atom. The summed E-state index contributed by atoms with van der Waals surface area (Å²) < 4.78 is 19.7. The highest BCUT2D eigenvalue weighted by Crippen LogP contribution is 2.26. The fourth-order valence-corrected chi connectivity index (χ4v) is 2.17. The molecule has 0 saturated heterocycles. The zero-order valence-electron chi connectivity index (χ0n) is 10.1. The lowest BCUT2D eigenvalue weighted by molar-refractivity contribution is 0.0691. The molecule has 0 amide bonds. The molecule has 1 N–H and O–H groups in total. The lowest BCUT2D eigenvalue weighted by atomic mass is 10.2. The summed E-state index contributed by atoms with van der Waals surface area (Å²) in [5.74, 6) is -1.47. The van der Waals surface area contributed by atoms with Crippen LogP contribution in [0.1, 0.15) is 15.9 Å². The van der Waals surface area contributed by atoms with Crippen LogP contribution in [-0.2, 0) is 6.61 Å². The van der Waals surface area contributed by atoms with Gasteiger partial charge in [-0.2, -0.15) is 0 Å². The number of benzene rings is 2. The predicted molar refractivity (Wildman–Crippen MR) is 76.8 cm³/mol. The van der Waals surface area contributed by atoms with E-state index >= 15 is 0 Å². The first-order valence-corrected chi connectivity index (χ1v) is 6.74. The summed E-state index contributed by atoms with van der Waals surface area (Å²) in [5.41, 5.74) is 0.186. The van der Waals surface area contributed by atoms with Gasteiger partial charge in [0.25, 0.3) is 0 Å². The van der Waals surface area contributed by atoms with E-state index < -0.39 is 11.8 Å². The minimum atomic E-state index is -1.12. The van der Waals surface area contributed by atoms with Gasteiger partial charge in [-0.25, -0.2) is 9.18 Å². The Morgan fingerprint density at radius 1 is 1.35 bits per heavy atom. The highest BCUT2D eigenvalue weighted by molar-refractivity contribution is 9.10. The Kier molecular flexibility index (Phi) is 4.62. The van der Waals surface area contributed by atoms with Gasteiger partial charge in [0.15, 0.2) is 0 Å². The van der Waals surface area contributed by atoms with E-state index in [2.05, 4.69) is 15.9 Å². The van der Waals surface area contributed by atoms with Crippen LogP contribution < -0.4 is 4.74 Å². The van der Waals surface area contributed by atoms with Crippen LogP contribution in [0.5, 0.6) is 5.75 Å². The smallest absolute Gasteiger partial charge is 0.339 e. The Hall–Kier alpha value is -1.59. The summed E-state index contributed by atoms with van der Waals surface area (Å²) in [6, 6.07) is 8.81. The van der Waals surface area contributed by atoms with Gasteiger partial charge in [-0.15, -0.1) is 0 Å². The average Bonchev–Trinajstić information content (AvgIpc) is 2.37. The average molecular weight is 360 g/mol. The second-order valence-electron chi connectivity index (χ2n) is 3.93. The monoisotopic (exact) mass is 358 g/mol. The molecule has 3 nitrogen and oxygen atoms in total. The number of carboxylic acids is 1. The van der Waals surface area contributed by atoms with E-state index in [1.54, 1.807) is 12.1 Å². The summed E-state index contributed by atoms with van der Waals surface area (Å²) in [7, 11) is 0. The minimum Gasteiger partial charge on any atom is -0.488 e. The van der Waals surface area contributed by atoms with Crippen LogP contribution in [-0.4, -0.2) is 11.1 Å². The van der Waals surface area contributed by atoms with Gasteiger partial charge in [-0.1, -0.05) is 33.6 Å². The molecule has 0 unspecified atom stereocenters. The molecule has 2 aromatic carbocycles. The highest BCUT2D eigenvalue weighted by Gasteiger charge is 2.14. The minimum absolute atomic E-state index is 0.000613. The molecule has 0 radical (unpaired) electrons. The molecule has 0 fully saturated rings.